The van der Waals surface area contributed by atoms with Crippen molar-refractivity contribution < 1.29 is 14.6 Å². The first-order valence-corrected chi connectivity index (χ1v) is 5.66. The SMILES string of the molecule is C=CCN(CCO)Cc1cccc2c1OCO2. The zero-order valence-electron chi connectivity index (χ0n) is 9.76. The molecule has 1 aromatic carbocycles. The second kappa shape index (κ2) is 5.70. The molecule has 0 amide bonds. The number of para-hydroxylation sites is 1. The van der Waals surface area contributed by atoms with Crippen LogP contribution >= 0.6 is 0 Å². The number of aliphatic hydroxyl groups is 1. The molecule has 4 heteroatoms. The minimum Gasteiger partial charge on any atom is -0.454 e. The first-order chi connectivity index (χ1) is 8.35. The molecule has 1 aliphatic heterocycles. The van der Waals surface area contributed by atoms with Crippen molar-refractivity contribution in [1.82, 2.24) is 4.90 Å². The monoisotopic (exact) mass is 235 g/mol. The Morgan fingerprint density at radius 3 is 3.06 bits per heavy atom. The van der Waals surface area contributed by atoms with Gasteiger partial charge in [0.1, 0.15) is 0 Å². The summed E-state index contributed by atoms with van der Waals surface area (Å²) < 4.78 is 10.8. The van der Waals surface area contributed by atoms with E-state index >= 15 is 0 Å². The van der Waals surface area contributed by atoms with E-state index in [4.69, 9.17) is 14.6 Å². The molecule has 1 heterocycles. The Balaban J connectivity index is 2.11. The van der Waals surface area contributed by atoms with Crippen LogP contribution in [-0.2, 0) is 6.54 Å². The fourth-order valence-corrected chi connectivity index (χ4v) is 1.91. The van der Waals surface area contributed by atoms with Gasteiger partial charge in [-0.05, 0) is 6.07 Å². The molecule has 1 aliphatic rings. The number of fused-ring (bicyclic) bond motifs is 1. The molecule has 0 saturated carbocycles. The molecule has 0 aliphatic carbocycles. The number of hydrogen-bond acceptors (Lipinski definition) is 4. The van der Waals surface area contributed by atoms with E-state index in [1.165, 1.54) is 0 Å². The Morgan fingerprint density at radius 1 is 1.41 bits per heavy atom. The van der Waals surface area contributed by atoms with Crippen molar-refractivity contribution in [3.8, 4) is 11.5 Å². The van der Waals surface area contributed by atoms with Crippen LogP contribution in [0.2, 0.25) is 0 Å². The van der Waals surface area contributed by atoms with Crippen LogP contribution in [0.4, 0.5) is 0 Å². The number of rotatable bonds is 6. The quantitative estimate of drug-likeness (QED) is 0.757. The maximum atomic E-state index is 9.00. The van der Waals surface area contributed by atoms with Crippen LogP contribution in [-0.4, -0.2) is 36.5 Å². The van der Waals surface area contributed by atoms with Gasteiger partial charge >= 0.3 is 0 Å². The lowest BCUT2D eigenvalue weighted by molar-refractivity contribution is 0.170. The van der Waals surface area contributed by atoms with Gasteiger partial charge in [-0.3, -0.25) is 4.90 Å². The minimum absolute atomic E-state index is 0.139. The highest BCUT2D eigenvalue weighted by Gasteiger charge is 2.18. The summed E-state index contributed by atoms with van der Waals surface area (Å²) in [7, 11) is 0. The summed E-state index contributed by atoms with van der Waals surface area (Å²) in [5, 5.41) is 9.00. The van der Waals surface area contributed by atoms with Crippen molar-refractivity contribution >= 4 is 0 Å². The maximum Gasteiger partial charge on any atom is 0.231 e. The Morgan fingerprint density at radius 2 is 2.29 bits per heavy atom. The van der Waals surface area contributed by atoms with Gasteiger partial charge in [-0.25, -0.2) is 0 Å². The highest BCUT2D eigenvalue weighted by atomic mass is 16.7. The smallest absolute Gasteiger partial charge is 0.231 e. The van der Waals surface area contributed by atoms with Crippen LogP contribution < -0.4 is 9.47 Å². The van der Waals surface area contributed by atoms with Crippen LogP contribution in [0.1, 0.15) is 5.56 Å². The summed E-state index contributed by atoms with van der Waals surface area (Å²) in [6, 6.07) is 5.87. The highest BCUT2D eigenvalue weighted by molar-refractivity contribution is 5.48. The van der Waals surface area contributed by atoms with Crippen molar-refractivity contribution in [3.63, 3.8) is 0 Å². The predicted molar refractivity (Wildman–Crippen MR) is 65.1 cm³/mol. The van der Waals surface area contributed by atoms with Gasteiger partial charge in [0, 0.05) is 25.2 Å². The summed E-state index contributed by atoms with van der Waals surface area (Å²) in [6.07, 6.45) is 1.83. The van der Waals surface area contributed by atoms with Crippen LogP contribution in [0.15, 0.2) is 30.9 Å². The van der Waals surface area contributed by atoms with Gasteiger partial charge in [-0.1, -0.05) is 18.2 Å². The molecule has 0 spiro atoms. The molecular weight excluding hydrogens is 218 g/mol. The van der Waals surface area contributed by atoms with Crippen LogP contribution in [0, 0.1) is 0 Å². The molecule has 2 rings (SSSR count). The summed E-state index contributed by atoms with van der Waals surface area (Å²) in [4.78, 5) is 2.10. The van der Waals surface area contributed by atoms with Crippen molar-refractivity contribution in [2.24, 2.45) is 0 Å². The normalized spacial score (nSPS) is 13.1. The lowest BCUT2D eigenvalue weighted by Crippen LogP contribution is -2.26. The molecular formula is C13H17NO3. The zero-order valence-corrected chi connectivity index (χ0v) is 9.76. The lowest BCUT2D eigenvalue weighted by Gasteiger charge is -2.20. The van der Waals surface area contributed by atoms with Crippen LogP contribution in [0.3, 0.4) is 0 Å². The Kier molecular flexibility index (Phi) is 4.01. The Bertz CT molecular complexity index is 392. The van der Waals surface area contributed by atoms with Crippen molar-refractivity contribution in [2.75, 3.05) is 26.5 Å². The lowest BCUT2D eigenvalue weighted by atomic mass is 10.1. The third kappa shape index (κ3) is 2.78. The van der Waals surface area contributed by atoms with Gasteiger partial charge in [-0.2, -0.15) is 0 Å². The van der Waals surface area contributed by atoms with Gasteiger partial charge in [0.2, 0.25) is 6.79 Å². The van der Waals surface area contributed by atoms with Crippen molar-refractivity contribution in [3.05, 3.63) is 36.4 Å². The molecule has 1 N–H and O–H groups in total. The fraction of sp³-hybridized carbons (Fsp3) is 0.385. The van der Waals surface area contributed by atoms with E-state index in [9.17, 15) is 0 Å². The van der Waals surface area contributed by atoms with E-state index < -0.39 is 0 Å². The molecule has 0 aromatic heterocycles. The van der Waals surface area contributed by atoms with E-state index in [-0.39, 0.29) is 13.4 Å². The molecule has 17 heavy (non-hydrogen) atoms. The van der Waals surface area contributed by atoms with E-state index in [0.717, 1.165) is 30.2 Å². The average Bonchev–Trinajstić information content (AvgIpc) is 2.79. The van der Waals surface area contributed by atoms with E-state index in [1.54, 1.807) is 0 Å². The standard InChI is InChI=1S/C13H17NO3/c1-2-6-14(7-8-15)9-11-4-3-5-12-13(11)17-10-16-12/h2-5,15H,1,6-10H2. The Labute approximate surface area is 101 Å². The molecule has 0 atom stereocenters. The van der Waals surface area contributed by atoms with Crippen molar-refractivity contribution in [1.29, 1.82) is 0 Å². The first-order valence-electron chi connectivity index (χ1n) is 5.66. The van der Waals surface area contributed by atoms with Crippen molar-refractivity contribution in [2.45, 2.75) is 6.54 Å². The summed E-state index contributed by atoms with van der Waals surface area (Å²) in [5.74, 6) is 1.62. The molecule has 0 fully saturated rings. The van der Waals surface area contributed by atoms with Gasteiger partial charge in [0.25, 0.3) is 0 Å². The van der Waals surface area contributed by atoms with E-state index in [0.29, 0.717) is 6.54 Å². The molecule has 0 unspecified atom stereocenters. The molecule has 0 radical (unpaired) electrons. The minimum atomic E-state index is 0.139. The van der Waals surface area contributed by atoms with Gasteiger partial charge in [0.15, 0.2) is 11.5 Å². The second-order valence-electron chi connectivity index (χ2n) is 3.90. The van der Waals surface area contributed by atoms with E-state index in [2.05, 4.69) is 11.5 Å². The number of aliphatic hydroxyl groups excluding tert-OH is 1. The third-order valence-electron chi connectivity index (χ3n) is 2.68. The van der Waals surface area contributed by atoms with E-state index in [1.807, 2.05) is 24.3 Å². The maximum absolute atomic E-state index is 9.00. The largest absolute Gasteiger partial charge is 0.454 e. The van der Waals surface area contributed by atoms with Crippen LogP contribution in [0.25, 0.3) is 0 Å². The number of nitrogens with zero attached hydrogens (tertiary/aromatic N) is 1. The number of ether oxygens (including phenoxy) is 2. The summed E-state index contributed by atoms with van der Waals surface area (Å²) >= 11 is 0. The summed E-state index contributed by atoms with van der Waals surface area (Å²) in [6.45, 7) is 6.23. The highest BCUT2D eigenvalue weighted by Crippen LogP contribution is 2.35. The molecule has 0 saturated heterocycles. The Hall–Kier alpha value is -1.52. The van der Waals surface area contributed by atoms with Gasteiger partial charge in [0.05, 0.1) is 6.61 Å². The van der Waals surface area contributed by atoms with Crippen LogP contribution in [0.5, 0.6) is 11.5 Å². The fourth-order valence-electron chi connectivity index (χ4n) is 1.91. The molecule has 92 valence electrons. The summed E-state index contributed by atoms with van der Waals surface area (Å²) in [5.41, 5.74) is 1.08. The van der Waals surface area contributed by atoms with Gasteiger partial charge < -0.3 is 14.6 Å². The molecule has 1 aromatic rings. The third-order valence-corrected chi connectivity index (χ3v) is 2.68. The molecule has 0 bridgehead atoms. The topological polar surface area (TPSA) is 41.9 Å². The first kappa shape index (κ1) is 12.0. The predicted octanol–water partition coefficient (Wildman–Crippen LogP) is 1.40. The average molecular weight is 235 g/mol. The second-order valence-corrected chi connectivity index (χ2v) is 3.90. The number of hydrogen-bond donors (Lipinski definition) is 1. The number of benzene rings is 1. The van der Waals surface area contributed by atoms with Gasteiger partial charge in [-0.15, -0.1) is 6.58 Å². The molecule has 4 nitrogen and oxygen atoms in total. The zero-order chi connectivity index (χ0) is 12.1.